The number of nitrogens with one attached hydrogen (secondary N) is 2. The number of aryl methyl sites for hydroxylation is 1. The third-order valence-electron chi connectivity index (χ3n) is 4.15. The van der Waals surface area contributed by atoms with Gasteiger partial charge >= 0.3 is 0 Å². The second-order valence-electron chi connectivity index (χ2n) is 6.72. The molecule has 0 aliphatic carbocycles. The van der Waals surface area contributed by atoms with Gasteiger partial charge in [-0.15, -0.1) is 11.8 Å². The van der Waals surface area contributed by atoms with Crippen molar-refractivity contribution in [2.45, 2.75) is 13.0 Å². The topological polar surface area (TPSA) is 61.4 Å². The SMILES string of the molecule is Cc1cccc(NC(=O)CSCC(=O)NCC(c2ccccc2Cl)N(C)C)c1. The van der Waals surface area contributed by atoms with Crippen molar-refractivity contribution in [2.75, 3.05) is 37.5 Å². The van der Waals surface area contributed by atoms with Gasteiger partial charge < -0.3 is 15.5 Å². The maximum atomic E-state index is 12.2. The van der Waals surface area contributed by atoms with Gasteiger partial charge in [-0.25, -0.2) is 0 Å². The maximum Gasteiger partial charge on any atom is 0.234 e. The fourth-order valence-electron chi connectivity index (χ4n) is 2.73. The van der Waals surface area contributed by atoms with Crippen molar-refractivity contribution in [1.29, 1.82) is 0 Å². The molecular weight excluding hydrogens is 394 g/mol. The summed E-state index contributed by atoms with van der Waals surface area (Å²) in [5.74, 6) is 0.227. The molecule has 0 spiro atoms. The Bertz CT molecular complexity index is 814. The van der Waals surface area contributed by atoms with Gasteiger partial charge in [-0.3, -0.25) is 9.59 Å². The van der Waals surface area contributed by atoms with E-state index in [-0.39, 0.29) is 29.4 Å². The number of anilines is 1. The highest BCUT2D eigenvalue weighted by molar-refractivity contribution is 8.00. The Morgan fingerprint density at radius 1 is 1.07 bits per heavy atom. The van der Waals surface area contributed by atoms with E-state index in [1.54, 1.807) is 0 Å². The van der Waals surface area contributed by atoms with Crippen LogP contribution in [-0.4, -0.2) is 48.9 Å². The quantitative estimate of drug-likeness (QED) is 0.650. The second-order valence-corrected chi connectivity index (χ2v) is 8.11. The maximum absolute atomic E-state index is 12.2. The molecule has 0 heterocycles. The molecule has 2 N–H and O–H groups in total. The van der Waals surface area contributed by atoms with Crippen molar-refractivity contribution in [3.8, 4) is 0 Å². The average Bonchev–Trinajstić information content (AvgIpc) is 2.63. The number of benzene rings is 2. The molecule has 1 atom stereocenters. The van der Waals surface area contributed by atoms with E-state index < -0.39 is 0 Å². The van der Waals surface area contributed by atoms with Crippen LogP contribution in [0.1, 0.15) is 17.2 Å². The fourth-order valence-corrected chi connectivity index (χ4v) is 3.64. The third kappa shape index (κ3) is 7.19. The molecule has 1 unspecified atom stereocenters. The summed E-state index contributed by atoms with van der Waals surface area (Å²) in [4.78, 5) is 26.2. The normalized spacial score (nSPS) is 11.9. The van der Waals surface area contributed by atoms with Crippen LogP contribution in [-0.2, 0) is 9.59 Å². The van der Waals surface area contributed by atoms with Crippen LogP contribution in [0.3, 0.4) is 0 Å². The lowest BCUT2D eigenvalue weighted by molar-refractivity contribution is -0.118. The van der Waals surface area contributed by atoms with Crippen molar-refractivity contribution >= 4 is 40.9 Å². The van der Waals surface area contributed by atoms with Crippen LogP contribution in [0, 0.1) is 6.92 Å². The number of hydrogen-bond donors (Lipinski definition) is 2. The molecule has 0 bridgehead atoms. The summed E-state index contributed by atoms with van der Waals surface area (Å²) in [5.41, 5.74) is 2.82. The van der Waals surface area contributed by atoms with E-state index in [2.05, 4.69) is 10.6 Å². The Morgan fingerprint density at radius 3 is 2.46 bits per heavy atom. The van der Waals surface area contributed by atoms with Gasteiger partial charge in [0.1, 0.15) is 0 Å². The number of thioether (sulfide) groups is 1. The van der Waals surface area contributed by atoms with E-state index >= 15 is 0 Å². The van der Waals surface area contributed by atoms with Crippen molar-refractivity contribution in [3.63, 3.8) is 0 Å². The molecule has 0 saturated heterocycles. The van der Waals surface area contributed by atoms with Gasteiger partial charge in [-0.2, -0.15) is 0 Å². The molecule has 2 amide bonds. The minimum atomic E-state index is -0.120. The second kappa shape index (κ2) is 11.1. The molecule has 5 nitrogen and oxygen atoms in total. The van der Waals surface area contributed by atoms with Crippen LogP contribution < -0.4 is 10.6 Å². The van der Waals surface area contributed by atoms with Crippen LogP contribution in [0.4, 0.5) is 5.69 Å². The summed E-state index contributed by atoms with van der Waals surface area (Å²) in [6.07, 6.45) is 0. The molecule has 0 radical (unpaired) electrons. The summed E-state index contributed by atoms with van der Waals surface area (Å²) < 4.78 is 0. The van der Waals surface area contributed by atoms with Gasteiger partial charge in [0, 0.05) is 17.3 Å². The zero-order valence-electron chi connectivity index (χ0n) is 16.4. The van der Waals surface area contributed by atoms with E-state index in [1.165, 1.54) is 11.8 Å². The number of rotatable bonds is 9. The molecule has 0 saturated carbocycles. The number of carbonyl (C=O) groups is 2. The minimum Gasteiger partial charge on any atom is -0.353 e. The lowest BCUT2D eigenvalue weighted by Crippen LogP contribution is -2.35. The molecule has 0 aliphatic heterocycles. The standard InChI is InChI=1S/C21H26ClN3O2S/c1-15-7-6-8-16(11-15)24-21(27)14-28-13-20(26)23-12-19(25(2)3)17-9-4-5-10-18(17)22/h4-11,19H,12-14H2,1-3H3,(H,23,26)(H,24,27). The molecule has 28 heavy (non-hydrogen) atoms. The van der Waals surface area contributed by atoms with Crippen molar-refractivity contribution in [2.24, 2.45) is 0 Å². The summed E-state index contributed by atoms with van der Waals surface area (Å²) in [6.45, 7) is 2.42. The predicted molar refractivity (Wildman–Crippen MR) is 118 cm³/mol. The first-order valence-corrected chi connectivity index (χ1v) is 10.5. The summed E-state index contributed by atoms with van der Waals surface area (Å²) >= 11 is 7.57. The van der Waals surface area contributed by atoms with E-state index in [0.29, 0.717) is 11.6 Å². The van der Waals surface area contributed by atoms with Crippen molar-refractivity contribution < 1.29 is 9.59 Å². The zero-order valence-corrected chi connectivity index (χ0v) is 17.9. The van der Waals surface area contributed by atoms with E-state index in [4.69, 9.17) is 11.6 Å². The monoisotopic (exact) mass is 419 g/mol. The molecule has 2 rings (SSSR count). The van der Waals surface area contributed by atoms with Gasteiger partial charge in [0.05, 0.1) is 17.5 Å². The van der Waals surface area contributed by atoms with E-state index in [9.17, 15) is 9.59 Å². The predicted octanol–water partition coefficient (Wildman–Crippen LogP) is 3.74. The van der Waals surface area contributed by atoms with Gasteiger partial charge in [0.2, 0.25) is 11.8 Å². The van der Waals surface area contributed by atoms with E-state index in [1.807, 2.05) is 74.4 Å². The molecule has 0 aliphatic rings. The molecule has 150 valence electrons. The molecule has 2 aromatic carbocycles. The Kier molecular flexibility index (Phi) is 8.83. The minimum absolute atomic E-state index is 0.0210. The molecule has 0 fully saturated rings. The summed E-state index contributed by atoms with van der Waals surface area (Å²) in [7, 11) is 3.90. The number of likely N-dealkylation sites (N-methyl/N-ethyl adjacent to an activating group) is 1. The van der Waals surface area contributed by atoms with Crippen LogP contribution in [0.25, 0.3) is 0 Å². The van der Waals surface area contributed by atoms with Crippen molar-refractivity contribution in [3.05, 3.63) is 64.7 Å². The van der Waals surface area contributed by atoms with Gasteiger partial charge in [0.25, 0.3) is 0 Å². The molecular formula is C21H26ClN3O2S. The fraction of sp³-hybridized carbons (Fsp3) is 0.333. The Morgan fingerprint density at radius 2 is 1.79 bits per heavy atom. The van der Waals surface area contributed by atoms with Crippen LogP contribution in [0.15, 0.2) is 48.5 Å². The Balaban J connectivity index is 1.75. The number of amides is 2. The number of hydrogen-bond acceptors (Lipinski definition) is 4. The highest BCUT2D eigenvalue weighted by Crippen LogP contribution is 2.25. The average molecular weight is 420 g/mol. The first-order chi connectivity index (χ1) is 13.4. The Hall–Kier alpha value is -2.02. The summed E-state index contributed by atoms with van der Waals surface area (Å²) in [5, 5.41) is 6.44. The largest absolute Gasteiger partial charge is 0.353 e. The van der Waals surface area contributed by atoms with Crippen LogP contribution in [0.5, 0.6) is 0 Å². The van der Waals surface area contributed by atoms with Gasteiger partial charge in [-0.05, 0) is 50.3 Å². The first kappa shape index (κ1) is 22.3. The van der Waals surface area contributed by atoms with Gasteiger partial charge in [-0.1, -0.05) is 41.9 Å². The highest BCUT2D eigenvalue weighted by atomic mass is 35.5. The molecule has 0 aromatic heterocycles. The lowest BCUT2D eigenvalue weighted by atomic mass is 10.1. The number of carbonyl (C=O) groups excluding carboxylic acids is 2. The van der Waals surface area contributed by atoms with Gasteiger partial charge in [0.15, 0.2) is 0 Å². The molecule has 2 aromatic rings. The zero-order chi connectivity index (χ0) is 20.5. The number of halogens is 1. The lowest BCUT2D eigenvalue weighted by Gasteiger charge is -2.26. The molecule has 7 heteroatoms. The van der Waals surface area contributed by atoms with E-state index in [0.717, 1.165) is 16.8 Å². The van der Waals surface area contributed by atoms with Crippen LogP contribution >= 0.6 is 23.4 Å². The first-order valence-electron chi connectivity index (χ1n) is 8.98. The smallest absolute Gasteiger partial charge is 0.234 e. The third-order valence-corrected chi connectivity index (χ3v) is 5.43. The number of nitrogens with zero attached hydrogens (tertiary/aromatic N) is 1. The van der Waals surface area contributed by atoms with Crippen molar-refractivity contribution in [1.82, 2.24) is 10.2 Å². The summed E-state index contributed by atoms with van der Waals surface area (Å²) in [6, 6.07) is 15.2. The van der Waals surface area contributed by atoms with Crippen LogP contribution in [0.2, 0.25) is 5.02 Å². The Labute approximate surface area is 175 Å². The highest BCUT2D eigenvalue weighted by Gasteiger charge is 2.17.